The normalized spacial score (nSPS) is 10.9. The zero-order valence-electron chi connectivity index (χ0n) is 20.2. The predicted molar refractivity (Wildman–Crippen MR) is 144 cm³/mol. The van der Waals surface area contributed by atoms with Crippen LogP contribution in [-0.4, -0.2) is 32.6 Å². The molecule has 9 nitrogen and oxygen atoms in total. The molecule has 0 saturated heterocycles. The molecular formula is C26H17ClF3N7O2S. The third kappa shape index (κ3) is 7.46. The summed E-state index contributed by atoms with van der Waals surface area (Å²) < 4.78 is 39.7. The van der Waals surface area contributed by atoms with Crippen LogP contribution in [0.5, 0.6) is 0 Å². The van der Waals surface area contributed by atoms with Crippen molar-refractivity contribution in [2.75, 3.05) is 16.4 Å². The van der Waals surface area contributed by atoms with E-state index in [-0.39, 0.29) is 39.5 Å². The first kappa shape index (κ1) is 28.3. The molecule has 14 heteroatoms. The molecule has 0 bridgehead atoms. The largest absolute Gasteiger partial charge is 0.416 e. The lowest BCUT2D eigenvalue weighted by molar-refractivity contribution is -0.137. The number of nitriles is 1. The summed E-state index contributed by atoms with van der Waals surface area (Å²) in [7, 11) is 0. The van der Waals surface area contributed by atoms with Crippen LogP contribution in [0.15, 0.2) is 78.1 Å². The van der Waals surface area contributed by atoms with Crippen molar-refractivity contribution in [3.05, 3.63) is 89.1 Å². The van der Waals surface area contributed by atoms with Crippen molar-refractivity contribution in [3.63, 3.8) is 0 Å². The topological polar surface area (TPSA) is 133 Å². The lowest BCUT2D eigenvalue weighted by atomic mass is 10.1. The average Bonchev–Trinajstić information content (AvgIpc) is 2.92. The molecule has 0 spiro atoms. The van der Waals surface area contributed by atoms with E-state index in [1.165, 1.54) is 18.3 Å². The van der Waals surface area contributed by atoms with Crippen LogP contribution in [-0.2, 0) is 11.0 Å². The second-order valence-corrected chi connectivity index (χ2v) is 9.29. The number of urea groups is 1. The summed E-state index contributed by atoms with van der Waals surface area (Å²) in [5.41, 5.74) is -0.246. The third-order valence-electron chi connectivity index (χ3n) is 5.06. The molecule has 0 unspecified atom stereocenters. The molecule has 2 aromatic carbocycles. The summed E-state index contributed by atoms with van der Waals surface area (Å²) in [6.07, 6.45) is -3.11. The van der Waals surface area contributed by atoms with Crippen molar-refractivity contribution in [1.29, 1.82) is 5.26 Å². The van der Waals surface area contributed by atoms with Gasteiger partial charge in [0, 0.05) is 22.5 Å². The van der Waals surface area contributed by atoms with Crippen molar-refractivity contribution in [1.82, 2.24) is 20.3 Å². The maximum atomic E-state index is 13.2. The van der Waals surface area contributed by atoms with Gasteiger partial charge in [0.15, 0.2) is 11.0 Å². The van der Waals surface area contributed by atoms with Gasteiger partial charge in [0.2, 0.25) is 5.91 Å². The van der Waals surface area contributed by atoms with Crippen molar-refractivity contribution in [2.45, 2.75) is 11.3 Å². The molecule has 0 fully saturated rings. The molecule has 40 heavy (non-hydrogen) atoms. The van der Waals surface area contributed by atoms with Crippen molar-refractivity contribution < 1.29 is 22.8 Å². The fraction of sp³-hybridized carbons (Fsp3) is 0.0769. The smallest absolute Gasteiger partial charge is 0.339 e. The second-order valence-electron chi connectivity index (χ2n) is 7.91. The summed E-state index contributed by atoms with van der Waals surface area (Å²) >= 11 is 6.84. The summed E-state index contributed by atoms with van der Waals surface area (Å²) in [5, 5.41) is 17.7. The molecule has 2 heterocycles. The molecule has 0 radical (unpaired) electrons. The molecule has 0 aliphatic rings. The number of pyridine rings is 1. The Balaban J connectivity index is 1.60. The van der Waals surface area contributed by atoms with E-state index < -0.39 is 23.7 Å². The van der Waals surface area contributed by atoms with Gasteiger partial charge in [-0.3, -0.25) is 15.4 Å². The molecule has 0 saturated carbocycles. The van der Waals surface area contributed by atoms with Crippen LogP contribution < -0.4 is 16.0 Å². The molecule has 4 aromatic rings. The van der Waals surface area contributed by atoms with E-state index in [2.05, 4.69) is 30.9 Å². The molecule has 202 valence electrons. The lowest BCUT2D eigenvalue weighted by Crippen LogP contribution is -2.35. The number of hydrogen-bond donors (Lipinski definition) is 3. The number of imide groups is 1. The van der Waals surface area contributed by atoms with E-state index in [0.29, 0.717) is 10.6 Å². The van der Waals surface area contributed by atoms with Gasteiger partial charge in [-0.05, 0) is 42.5 Å². The van der Waals surface area contributed by atoms with Crippen molar-refractivity contribution in [3.8, 4) is 17.3 Å². The summed E-state index contributed by atoms with van der Waals surface area (Å²) in [6.45, 7) is 0. The number of thioether (sulfide) groups is 1. The first-order valence-electron chi connectivity index (χ1n) is 11.3. The molecule has 0 aliphatic carbocycles. The minimum Gasteiger partial charge on any atom is -0.339 e. The van der Waals surface area contributed by atoms with Gasteiger partial charge in [0.25, 0.3) is 0 Å². The number of halogens is 4. The van der Waals surface area contributed by atoms with Crippen molar-refractivity contribution >= 4 is 52.6 Å². The number of nitrogens with zero attached hydrogens (tertiary/aromatic N) is 4. The molecule has 2 aromatic heterocycles. The Hall–Kier alpha value is -4.67. The Labute approximate surface area is 234 Å². The van der Waals surface area contributed by atoms with Gasteiger partial charge in [-0.25, -0.2) is 19.7 Å². The van der Waals surface area contributed by atoms with Crippen LogP contribution in [0.1, 0.15) is 11.1 Å². The van der Waals surface area contributed by atoms with E-state index in [0.717, 1.165) is 23.9 Å². The Morgan fingerprint density at radius 1 is 1.02 bits per heavy atom. The van der Waals surface area contributed by atoms with E-state index in [1.54, 1.807) is 42.5 Å². The number of carbonyl (C=O) groups excluding carboxylic acids is 2. The van der Waals surface area contributed by atoms with Gasteiger partial charge in [-0.2, -0.15) is 18.4 Å². The number of amides is 3. The summed E-state index contributed by atoms with van der Waals surface area (Å²) in [5.74, 6) is -0.789. The molecule has 4 rings (SSSR count). The standard InChI is InChI=1S/C26H17ClF3N7O2S/c27-17-9-7-15(8-10-17)22-19(13-31)23(33-18-5-3-4-16(12-18)26(28,29)30)37-25(36-22)40-14-21(38)35-24(39)34-20-6-1-2-11-32-20/h1-12H,14H2,(H,33,36,37)(H2,32,34,35,38,39). The van der Waals surface area contributed by atoms with Gasteiger partial charge in [0.05, 0.1) is 17.0 Å². The number of rotatable bonds is 7. The fourth-order valence-electron chi connectivity index (χ4n) is 3.30. The average molecular weight is 584 g/mol. The number of hydrogen-bond acceptors (Lipinski definition) is 8. The minimum atomic E-state index is -4.58. The zero-order valence-corrected chi connectivity index (χ0v) is 21.7. The first-order chi connectivity index (χ1) is 19.1. The Bertz CT molecular complexity index is 1580. The van der Waals surface area contributed by atoms with Gasteiger partial charge in [0.1, 0.15) is 17.5 Å². The SMILES string of the molecule is N#Cc1c(Nc2cccc(C(F)(F)F)c2)nc(SCC(=O)NC(=O)Nc2ccccn2)nc1-c1ccc(Cl)cc1. The number of carbonyl (C=O) groups is 2. The summed E-state index contributed by atoms with van der Waals surface area (Å²) in [4.78, 5) is 37.1. The molecule has 0 aliphatic heterocycles. The van der Waals surface area contributed by atoms with Gasteiger partial charge in [-0.1, -0.05) is 47.6 Å². The van der Waals surface area contributed by atoms with E-state index in [4.69, 9.17) is 11.6 Å². The minimum absolute atomic E-state index is 0.0266. The van der Waals surface area contributed by atoms with Gasteiger partial charge < -0.3 is 5.32 Å². The van der Waals surface area contributed by atoms with E-state index >= 15 is 0 Å². The van der Waals surface area contributed by atoms with Crippen LogP contribution in [0.3, 0.4) is 0 Å². The highest BCUT2D eigenvalue weighted by atomic mass is 35.5. The van der Waals surface area contributed by atoms with Gasteiger partial charge >= 0.3 is 12.2 Å². The van der Waals surface area contributed by atoms with Gasteiger partial charge in [-0.15, -0.1) is 0 Å². The lowest BCUT2D eigenvalue weighted by Gasteiger charge is -2.14. The second kappa shape index (κ2) is 12.5. The highest BCUT2D eigenvalue weighted by Gasteiger charge is 2.30. The van der Waals surface area contributed by atoms with Crippen molar-refractivity contribution in [2.24, 2.45) is 0 Å². The highest BCUT2D eigenvalue weighted by molar-refractivity contribution is 7.99. The number of nitrogens with one attached hydrogen (secondary N) is 3. The number of benzene rings is 2. The number of alkyl halides is 3. The zero-order chi connectivity index (χ0) is 28.7. The predicted octanol–water partition coefficient (Wildman–Crippen LogP) is 6.27. The Kier molecular flexibility index (Phi) is 8.83. The van der Waals surface area contributed by atoms with Crippen LogP contribution in [0.2, 0.25) is 5.02 Å². The maximum absolute atomic E-state index is 13.2. The van der Waals surface area contributed by atoms with E-state index in [1.807, 2.05) is 6.07 Å². The summed E-state index contributed by atoms with van der Waals surface area (Å²) in [6, 6.07) is 16.9. The maximum Gasteiger partial charge on any atom is 0.416 e. The van der Waals surface area contributed by atoms with Crippen LogP contribution >= 0.6 is 23.4 Å². The van der Waals surface area contributed by atoms with Crippen LogP contribution in [0.25, 0.3) is 11.3 Å². The molecule has 3 N–H and O–H groups in total. The number of anilines is 3. The van der Waals surface area contributed by atoms with E-state index in [9.17, 15) is 28.0 Å². The Morgan fingerprint density at radius 2 is 1.80 bits per heavy atom. The third-order valence-corrected chi connectivity index (χ3v) is 6.16. The Morgan fingerprint density at radius 3 is 2.48 bits per heavy atom. The molecule has 0 atom stereocenters. The fourth-order valence-corrected chi connectivity index (χ4v) is 4.07. The monoisotopic (exact) mass is 583 g/mol. The van der Waals surface area contributed by atoms with Crippen LogP contribution in [0, 0.1) is 11.3 Å². The molecule has 3 amide bonds. The molecular weight excluding hydrogens is 567 g/mol. The number of aromatic nitrogens is 3. The highest BCUT2D eigenvalue weighted by Crippen LogP contribution is 2.34. The van der Waals surface area contributed by atoms with Crippen LogP contribution in [0.4, 0.5) is 35.3 Å². The quantitative estimate of drug-likeness (QED) is 0.171. The first-order valence-corrected chi connectivity index (χ1v) is 12.7.